The molecule has 1 atom stereocenters. The molecule has 0 aliphatic carbocycles. The Hall–Kier alpha value is -3.16. The Balaban J connectivity index is 1.41. The molecule has 4 rings (SSSR count). The van der Waals surface area contributed by atoms with Crippen molar-refractivity contribution in [2.45, 2.75) is 59.0 Å². The van der Waals surface area contributed by atoms with Gasteiger partial charge in [0.25, 0.3) is 0 Å². The second kappa shape index (κ2) is 9.77. The van der Waals surface area contributed by atoms with Crippen molar-refractivity contribution in [1.29, 1.82) is 0 Å². The largest absolute Gasteiger partial charge is 0.360 e. The number of nitrogens with zero attached hydrogens (tertiary/aromatic N) is 3. The molecule has 1 aromatic heterocycles. The third-order valence-corrected chi connectivity index (χ3v) is 6.49. The third kappa shape index (κ3) is 5.26. The Bertz CT molecular complexity index is 1020. The normalized spacial score (nSPS) is 18.8. The first-order valence-electron chi connectivity index (χ1n) is 11.7. The number of likely N-dealkylation sites (tertiary alicyclic amines) is 1. The molecular weight excluding hydrogens is 420 g/mol. The summed E-state index contributed by atoms with van der Waals surface area (Å²) in [5.41, 5.74) is 2.23. The van der Waals surface area contributed by atoms with Crippen molar-refractivity contribution in [3.8, 4) is 0 Å². The van der Waals surface area contributed by atoms with Gasteiger partial charge in [0.1, 0.15) is 11.8 Å². The van der Waals surface area contributed by atoms with Gasteiger partial charge in [0.05, 0.1) is 0 Å². The SMILES string of the molecule is Cc1cc(NC(=O)C2CCN(C(=O)C3Cc4ccccc4CN3C(=O)CC(C)C)CC2)no1. The summed E-state index contributed by atoms with van der Waals surface area (Å²) in [7, 11) is 0. The van der Waals surface area contributed by atoms with Gasteiger partial charge in [0.2, 0.25) is 17.7 Å². The summed E-state index contributed by atoms with van der Waals surface area (Å²) in [6.45, 7) is 7.27. The first-order chi connectivity index (χ1) is 15.8. The number of hydrogen-bond acceptors (Lipinski definition) is 5. The molecule has 176 valence electrons. The van der Waals surface area contributed by atoms with Crippen LogP contribution in [0.2, 0.25) is 0 Å². The van der Waals surface area contributed by atoms with E-state index in [1.165, 1.54) is 0 Å². The summed E-state index contributed by atoms with van der Waals surface area (Å²) in [4.78, 5) is 42.7. The number of carbonyl (C=O) groups is 3. The molecule has 0 radical (unpaired) electrons. The molecule has 8 nitrogen and oxygen atoms in total. The monoisotopic (exact) mass is 452 g/mol. The van der Waals surface area contributed by atoms with Crippen LogP contribution in [0.1, 0.15) is 50.0 Å². The Morgan fingerprint density at radius 2 is 1.85 bits per heavy atom. The van der Waals surface area contributed by atoms with Gasteiger partial charge in [0.15, 0.2) is 5.82 Å². The van der Waals surface area contributed by atoms with Crippen molar-refractivity contribution >= 4 is 23.5 Å². The van der Waals surface area contributed by atoms with Crippen LogP contribution >= 0.6 is 0 Å². The number of nitrogens with one attached hydrogen (secondary N) is 1. The summed E-state index contributed by atoms with van der Waals surface area (Å²) in [6, 6.07) is 9.22. The van der Waals surface area contributed by atoms with E-state index in [2.05, 4.69) is 10.5 Å². The minimum absolute atomic E-state index is 0.0207. The second-order valence-corrected chi connectivity index (χ2v) is 9.52. The van der Waals surface area contributed by atoms with Gasteiger partial charge in [-0.1, -0.05) is 43.3 Å². The maximum Gasteiger partial charge on any atom is 0.245 e. The van der Waals surface area contributed by atoms with Gasteiger partial charge in [-0.3, -0.25) is 14.4 Å². The topological polar surface area (TPSA) is 95.8 Å². The summed E-state index contributed by atoms with van der Waals surface area (Å²) in [5, 5.41) is 6.60. The van der Waals surface area contributed by atoms with E-state index >= 15 is 0 Å². The smallest absolute Gasteiger partial charge is 0.245 e. The molecule has 3 amide bonds. The Kier molecular flexibility index (Phi) is 6.81. The highest BCUT2D eigenvalue weighted by molar-refractivity contribution is 5.92. The highest BCUT2D eigenvalue weighted by Crippen LogP contribution is 2.28. The lowest BCUT2D eigenvalue weighted by Crippen LogP contribution is -2.55. The lowest BCUT2D eigenvalue weighted by Gasteiger charge is -2.40. The van der Waals surface area contributed by atoms with Gasteiger partial charge in [-0.2, -0.15) is 0 Å². The molecule has 2 aromatic rings. The van der Waals surface area contributed by atoms with Crippen LogP contribution in [0.15, 0.2) is 34.9 Å². The zero-order valence-corrected chi connectivity index (χ0v) is 19.5. The van der Waals surface area contributed by atoms with E-state index in [1.54, 1.807) is 17.9 Å². The molecule has 3 heterocycles. The molecule has 0 bridgehead atoms. The Morgan fingerprint density at radius 1 is 1.15 bits per heavy atom. The molecule has 33 heavy (non-hydrogen) atoms. The standard InChI is InChI=1S/C25H32N4O4/c1-16(2)12-23(30)29-15-20-7-5-4-6-19(20)14-21(29)25(32)28-10-8-18(9-11-28)24(31)26-22-13-17(3)33-27-22/h4-7,13,16,18,21H,8-12,14-15H2,1-3H3,(H,26,27,31). The number of anilines is 1. The second-order valence-electron chi connectivity index (χ2n) is 9.52. The fraction of sp³-hybridized carbons (Fsp3) is 0.520. The molecule has 8 heteroatoms. The molecule has 2 aliphatic heterocycles. The van der Waals surface area contributed by atoms with Crippen LogP contribution in [-0.2, 0) is 27.3 Å². The van der Waals surface area contributed by atoms with E-state index in [0.29, 0.717) is 56.9 Å². The lowest BCUT2D eigenvalue weighted by molar-refractivity contribution is -0.148. The fourth-order valence-electron chi connectivity index (χ4n) is 4.70. The van der Waals surface area contributed by atoms with Gasteiger partial charge >= 0.3 is 0 Å². The van der Waals surface area contributed by atoms with E-state index < -0.39 is 6.04 Å². The fourth-order valence-corrected chi connectivity index (χ4v) is 4.70. The van der Waals surface area contributed by atoms with Gasteiger partial charge in [-0.05, 0) is 36.8 Å². The number of fused-ring (bicyclic) bond motifs is 1. The van der Waals surface area contributed by atoms with Crippen LogP contribution in [0.4, 0.5) is 5.82 Å². The van der Waals surface area contributed by atoms with Crippen LogP contribution < -0.4 is 5.32 Å². The number of carbonyl (C=O) groups excluding carboxylic acids is 3. The maximum atomic E-state index is 13.5. The average molecular weight is 453 g/mol. The van der Waals surface area contributed by atoms with E-state index in [1.807, 2.05) is 43.0 Å². The number of hydrogen-bond donors (Lipinski definition) is 1. The van der Waals surface area contributed by atoms with Crippen LogP contribution in [-0.4, -0.2) is 51.8 Å². The molecule has 0 saturated carbocycles. The molecule has 2 aliphatic rings. The summed E-state index contributed by atoms with van der Waals surface area (Å²) in [5.74, 6) is 0.996. The minimum Gasteiger partial charge on any atom is -0.360 e. The predicted octanol–water partition coefficient (Wildman–Crippen LogP) is 3.16. The summed E-state index contributed by atoms with van der Waals surface area (Å²) < 4.78 is 5.00. The van der Waals surface area contributed by atoms with Crippen molar-refractivity contribution in [1.82, 2.24) is 15.0 Å². The van der Waals surface area contributed by atoms with Crippen LogP contribution in [0.3, 0.4) is 0 Å². The Labute approximate surface area is 194 Å². The van der Waals surface area contributed by atoms with Crippen molar-refractivity contribution in [3.05, 3.63) is 47.2 Å². The summed E-state index contributed by atoms with van der Waals surface area (Å²) >= 11 is 0. The highest BCUT2D eigenvalue weighted by Gasteiger charge is 2.38. The predicted molar refractivity (Wildman–Crippen MR) is 123 cm³/mol. The van der Waals surface area contributed by atoms with Crippen molar-refractivity contribution < 1.29 is 18.9 Å². The van der Waals surface area contributed by atoms with Crippen LogP contribution in [0, 0.1) is 18.8 Å². The first-order valence-corrected chi connectivity index (χ1v) is 11.7. The number of piperidine rings is 1. The summed E-state index contributed by atoms with van der Waals surface area (Å²) in [6.07, 6.45) is 2.12. The number of amides is 3. The molecule has 0 spiro atoms. The average Bonchev–Trinajstić information content (AvgIpc) is 3.21. The number of aromatic nitrogens is 1. The lowest BCUT2D eigenvalue weighted by atomic mass is 9.91. The maximum absolute atomic E-state index is 13.5. The van der Waals surface area contributed by atoms with Crippen LogP contribution in [0.25, 0.3) is 0 Å². The van der Waals surface area contributed by atoms with Gasteiger partial charge < -0.3 is 19.6 Å². The highest BCUT2D eigenvalue weighted by atomic mass is 16.5. The quantitative estimate of drug-likeness (QED) is 0.752. The molecule has 1 saturated heterocycles. The van der Waals surface area contributed by atoms with Crippen molar-refractivity contribution in [2.75, 3.05) is 18.4 Å². The molecule has 1 N–H and O–H groups in total. The molecule has 1 fully saturated rings. The minimum atomic E-state index is -0.491. The van der Waals surface area contributed by atoms with Gasteiger partial charge in [-0.25, -0.2) is 0 Å². The van der Waals surface area contributed by atoms with Crippen molar-refractivity contribution in [2.24, 2.45) is 11.8 Å². The zero-order valence-electron chi connectivity index (χ0n) is 19.5. The van der Waals surface area contributed by atoms with E-state index in [9.17, 15) is 14.4 Å². The molecular formula is C25H32N4O4. The number of benzene rings is 1. The zero-order chi connectivity index (χ0) is 23.5. The number of rotatable bonds is 5. The van der Waals surface area contributed by atoms with Gasteiger partial charge in [-0.15, -0.1) is 0 Å². The van der Waals surface area contributed by atoms with Crippen molar-refractivity contribution in [3.63, 3.8) is 0 Å². The first kappa shape index (κ1) is 23.0. The molecule has 1 unspecified atom stereocenters. The van der Waals surface area contributed by atoms with E-state index in [0.717, 1.165) is 11.1 Å². The van der Waals surface area contributed by atoms with E-state index in [4.69, 9.17) is 4.52 Å². The number of aryl methyl sites for hydroxylation is 1. The molecule has 1 aromatic carbocycles. The third-order valence-electron chi connectivity index (χ3n) is 6.49. The van der Waals surface area contributed by atoms with Crippen LogP contribution in [0.5, 0.6) is 0 Å². The Morgan fingerprint density at radius 3 is 2.48 bits per heavy atom. The van der Waals surface area contributed by atoms with E-state index in [-0.39, 0.29) is 29.6 Å². The van der Waals surface area contributed by atoms with Gasteiger partial charge in [0, 0.05) is 44.5 Å².